The van der Waals surface area contributed by atoms with Crippen molar-refractivity contribution in [2.24, 2.45) is 5.41 Å². The minimum Gasteiger partial charge on any atom is -0.310 e. The zero-order chi connectivity index (χ0) is 12.3. The van der Waals surface area contributed by atoms with Crippen LogP contribution in [0.2, 0.25) is 0 Å². The summed E-state index contributed by atoms with van der Waals surface area (Å²) in [6, 6.07) is 3.67. The van der Waals surface area contributed by atoms with Crippen molar-refractivity contribution < 1.29 is 4.79 Å². The molecule has 2 rings (SSSR count). The molecule has 0 saturated heterocycles. The SMILES string of the molecule is CC1(C(=O)Nc2cc(Br)ccn2)CCCCC1. The van der Waals surface area contributed by atoms with E-state index in [9.17, 15) is 4.79 Å². The van der Waals surface area contributed by atoms with Crippen LogP contribution in [0.1, 0.15) is 39.0 Å². The van der Waals surface area contributed by atoms with Crippen LogP contribution < -0.4 is 5.32 Å². The first-order valence-corrected chi connectivity index (χ1v) is 6.82. The van der Waals surface area contributed by atoms with Gasteiger partial charge in [-0.25, -0.2) is 4.98 Å². The molecule has 17 heavy (non-hydrogen) atoms. The maximum atomic E-state index is 12.2. The second kappa shape index (κ2) is 5.17. The molecule has 1 fully saturated rings. The zero-order valence-electron chi connectivity index (χ0n) is 10.0. The molecule has 92 valence electrons. The van der Waals surface area contributed by atoms with E-state index in [0.717, 1.165) is 30.2 Å². The third kappa shape index (κ3) is 3.06. The number of carbonyl (C=O) groups is 1. The Hall–Kier alpha value is -0.900. The summed E-state index contributed by atoms with van der Waals surface area (Å²) in [6.07, 6.45) is 7.19. The molecule has 1 aromatic heterocycles. The Morgan fingerprint density at radius 3 is 2.76 bits per heavy atom. The molecule has 0 aliphatic heterocycles. The van der Waals surface area contributed by atoms with Gasteiger partial charge in [0.15, 0.2) is 0 Å². The van der Waals surface area contributed by atoms with Gasteiger partial charge in [-0.05, 0) is 25.0 Å². The third-order valence-electron chi connectivity index (χ3n) is 3.47. The number of pyridine rings is 1. The summed E-state index contributed by atoms with van der Waals surface area (Å²) >= 11 is 3.37. The van der Waals surface area contributed by atoms with Gasteiger partial charge in [-0.1, -0.05) is 42.1 Å². The molecule has 1 saturated carbocycles. The van der Waals surface area contributed by atoms with Gasteiger partial charge in [0.1, 0.15) is 5.82 Å². The predicted octanol–water partition coefficient (Wildman–Crippen LogP) is 3.75. The molecule has 0 aromatic carbocycles. The van der Waals surface area contributed by atoms with Gasteiger partial charge in [-0.15, -0.1) is 0 Å². The summed E-state index contributed by atoms with van der Waals surface area (Å²) in [7, 11) is 0. The van der Waals surface area contributed by atoms with Crippen LogP contribution in [-0.2, 0) is 4.79 Å². The van der Waals surface area contributed by atoms with E-state index in [4.69, 9.17) is 0 Å². The monoisotopic (exact) mass is 296 g/mol. The number of nitrogens with zero attached hydrogens (tertiary/aromatic N) is 1. The Morgan fingerprint density at radius 1 is 1.41 bits per heavy atom. The van der Waals surface area contributed by atoms with Crippen LogP contribution in [0.5, 0.6) is 0 Å². The molecule has 1 aromatic rings. The van der Waals surface area contributed by atoms with Crippen molar-refractivity contribution in [3.8, 4) is 0 Å². The van der Waals surface area contributed by atoms with E-state index in [0.29, 0.717) is 5.82 Å². The second-order valence-corrected chi connectivity index (χ2v) is 5.85. The Kier molecular flexibility index (Phi) is 3.82. The van der Waals surface area contributed by atoms with Crippen molar-refractivity contribution in [2.75, 3.05) is 5.32 Å². The van der Waals surface area contributed by atoms with Gasteiger partial charge < -0.3 is 5.32 Å². The maximum Gasteiger partial charge on any atom is 0.231 e. The lowest BCUT2D eigenvalue weighted by Gasteiger charge is -2.31. The number of amides is 1. The topological polar surface area (TPSA) is 42.0 Å². The summed E-state index contributed by atoms with van der Waals surface area (Å²) in [5.74, 6) is 0.721. The fourth-order valence-electron chi connectivity index (χ4n) is 2.30. The molecule has 0 spiro atoms. The van der Waals surface area contributed by atoms with Gasteiger partial charge in [-0.3, -0.25) is 4.79 Å². The van der Waals surface area contributed by atoms with Crippen LogP contribution in [0.3, 0.4) is 0 Å². The average Bonchev–Trinajstić information content (AvgIpc) is 2.30. The highest BCUT2D eigenvalue weighted by Crippen LogP contribution is 2.36. The molecule has 0 radical (unpaired) electrons. The van der Waals surface area contributed by atoms with Gasteiger partial charge in [0.25, 0.3) is 0 Å². The Labute approximate surface area is 110 Å². The van der Waals surface area contributed by atoms with E-state index < -0.39 is 0 Å². The molecule has 4 heteroatoms. The first-order chi connectivity index (χ1) is 8.10. The summed E-state index contributed by atoms with van der Waals surface area (Å²) in [4.78, 5) is 16.4. The molecule has 1 N–H and O–H groups in total. The zero-order valence-corrected chi connectivity index (χ0v) is 11.6. The highest BCUT2D eigenvalue weighted by molar-refractivity contribution is 9.10. The van der Waals surface area contributed by atoms with Crippen LogP contribution >= 0.6 is 15.9 Å². The lowest BCUT2D eigenvalue weighted by Crippen LogP contribution is -2.35. The largest absolute Gasteiger partial charge is 0.310 e. The van der Waals surface area contributed by atoms with Crippen LogP contribution in [0.4, 0.5) is 5.82 Å². The van der Waals surface area contributed by atoms with Gasteiger partial charge in [0.2, 0.25) is 5.91 Å². The fraction of sp³-hybridized carbons (Fsp3) is 0.538. The number of carbonyl (C=O) groups excluding carboxylic acids is 1. The van der Waals surface area contributed by atoms with E-state index in [1.54, 1.807) is 6.20 Å². The standard InChI is InChI=1S/C13H17BrN2O/c1-13(6-3-2-4-7-13)12(17)16-11-9-10(14)5-8-15-11/h5,8-9H,2-4,6-7H2,1H3,(H,15,16,17). The normalized spacial score (nSPS) is 18.7. The van der Waals surface area contributed by atoms with Crippen molar-refractivity contribution in [1.82, 2.24) is 4.98 Å². The minimum absolute atomic E-state index is 0.0998. The van der Waals surface area contributed by atoms with Crippen molar-refractivity contribution in [2.45, 2.75) is 39.0 Å². The van der Waals surface area contributed by atoms with Crippen LogP contribution in [0.25, 0.3) is 0 Å². The highest BCUT2D eigenvalue weighted by Gasteiger charge is 2.34. The number of hydrogen-bond acceptors (Lipinski definition) is 2. The van der Waals surface area contributed by atoms with Crippen LogP contribution in [-0.4, -0.2) is 10.9 Å². The molecule has 1 heterocycles. The van der Waals surface area contributed by atoms with Crippen molar-refractivity contribution in [1.29, 1.82) is 0 Å². The second-order valence-electron chi connectivity index (χ2n) is 4.93. The van der Waals surface area contributed by atoms with Gasteiger partial charge >= 0.3 is 0 Å². The molecule has 1 amide bonds. The fourth-order valence-corrected chi connectivity index (χ4v) is 2.63. The smallest absolute Gasteiger partial charge is 0.231 e. The van der Waals surface area contributed by atoms with Gasteiger partial charge in [-0.2, -0.15) is 0 Å². The van der Waals surface area contributed by atoms with Crippen molar-refractivity contribution >= 4 is 27.7 Å². The van der Waals surface area contributed by atoms with E-state index in [1.807, 2.05) is 12.1 Å². The maximum absolute atomic E-state index is 12.2. The number of hydrogen-bond donors (Lipinski definition) is 1. The summed E-state index contributed by atoms with van der Waals surface area (Å²) < 4.78 is 0.927. The summed E-state index contributed by atoms with van der Waals surface area (Å²) in [6.45, 7) is 2.06. The number of rotatable bonds is 2. The number of nitrogens with one attached hydrogen (secondary N) is 1. The quantitative estimate of drug-likeness (QED) is 0.903. The van der Waals surface area contributed by atoms with E-state index in [1.165, 1.54) is 6.42 Å². The van der Waals surface area contributed by atoms with Crippen molar-refractivity contribution in [3.63, 3.8) is 0 Å². The third-order valence-corrected chi connectivity index (χ3v) is 3.96. The predicted molar refractivity (Wildman–Crippen MR) is 71.8 cm³/mol. The molecule has 0 unspecified atom stereocenters. The minimum atomic E-state index is -0.220. The lowest BCUT2D eigenvalue weighted by molar-refractivity contribution is -0.126. The van der Waals surface area contributed by atoms with E-state index in [2.05, 4.69) is 33.2 Å². The molecule has 3 nitrogen and oxygen atoms in total. The van der Waals surface area contributed by atoms with Gasteiger partial charge in [0.05, 0.1) is 0 Å². The van der Waals surface area contributed by atoms with Crippen LogP contribution in [0.15, 0.2) is 22.8 Å². The highest BCUT2D eigenvalue weighted by atomic mass is 79.9. The Bertz CT molecular complexity index is 414. The Balaban J connectivity index is 2.05. The molecular weight excluding hydrogens is 280 g/mol. The number of anilines is 1. The molecule has 1 aliphatic carbocycles. The van der Waals surface area contributed by atoms with E-state index >= 15 is 0 Å². The molecule has 0 atom stereocenters. The lowest BCUT2D eigenvalue weighted by atomic mass is 9.75. The number of aromatic nitrogens is 1. The number of halogens is 1. The summed E-state index contributed by atoms with van der Waals surface area (Å²) in [5.41, 5.74) is -0.220. The van der Waals surface area contributed by atoms with Gasteiger partial charge in [0, 0.05) is 16.1 Å². The summed E-state index contributed by atoms with van der Waals surface area (Å²) in [5, 5.41) is 2.91. The average molecular weight is 297 g/mol. The van der Waals surface area contributed by atoms with Crippen LogP contribution in [0, 0.1) is 5.41 Å². The Morgan fingerprint density at radius 2 is 2.12 bits per heavy atom. The first-order valence-electron chi connectivity index (χ1n) is 6.03. The van der Waals surface area contributed by atoms with Crippen molar-refractivity contribution in [3.05, 3.63) is 22.8 Å². The first kappa shape index (κ1) is 12.6. The van der Waals surface area contributed by atoms with E-state index in [-0.39, 0.29) is 11.3 Å². The molecular formula is C13H17BrN2O. The molecule has 0 bridgehead atoms. The molecule has 1 aliphatic rings.